The Morgan fingerprint density at radius 1 is 1.05 bits per heavy atom. The van der Waals surface area contributed by atoms with E-state index in [4.69, 9.17) is 9.47 Å². The minimum atomic E-state index is -0.913. The quantitative estimate of drug-likeness (QED) is 0.253. The third-order valence-corrected chi connectivity index (χ3v) is 8.52. The van der Waals surface area contributed by atoms with Gasteiger partial charge in [0.15, 0.2) is 0 Å². The van der Waals surface area contributed by atoms with E-state index in [1.54, 1.807) is 13.2 Å². The van der Waals surface area contributed by atoms with Gasteiger partial charge in [-0.3, -0.25) is 9.29 Å². The normalized spacial score (nSPS) is 18.9. The monoisotopic (exact) mass is 569 g/mol. The summed E-state index contributed by atoms with van der Waals surface area (Å²) < 4.78 is 24.8. The van der Waals surface area contributed by atoms with E-state index in [-0.39, 0.29) is 18.8 Å². The maximum Gasteiger partial charge on any atom is 0.335 e. The van der Waals surface area contributed by atoms with Crippen LogP contribution in [0.4, 0.5) is 4.39 Å². The largest absolute Gasteiger partial charge is 0.497 e. The molecule has 1 unspecified atom stereocenters. The van der Waals surface area contributed by atoms with E-state index in [0.717, 1.165) is 77.1 Å². The Labute approximate surface area is 248 Å². The molecule has 220 valence electrons. The summed E-state index contributed by atoms with van der Waals surface area (Å²) in [5.74, 6) is 0.701. The number of rotatable bonds is 10. The molecular formula is C36H40FNO4. The van der Waals surface area contributed by atoms with Crippen molar-refractivity contribution in [1.82, 2.24) is 4.90 Å². The molecule has 1 aliphatic heterocycles. The van der Waals surface area contributed by atoms with Crippen LogP contribution < -0.4 is 9.47 Å². The van der Waals surface area contributed by atoms with Crippen LogP contribution in [0.3, 0.4) is 0 Å². The van der Waals surface area contributed by atoms with Gasteiger partial charge in [-0.05, 0) is 121 Å². The van der Waals surface area contributed by atoms with Crippen molar-refractivity contribution in [2.45, 2.75) is 58.1 Å². The van der Waals surface area contributed by atoms with Gasteiger partial charge in [-0.15, -0.1) is 0 Å². The summed E-state index contributed by atoms with van der Waals surface area (Å²) in [5, 5.41) is 9.65. The second kappa shape index (κ2) is 13.0. The first kappa shape index (κ1) is 29.6. The predicted molar refractivity (Wildman–Crippen MR) is 166 cm³/mol. The maximum absolute atomic E-state index is 12.9. The lowest BCUT2D eigenvalue weighted by Gasteiger charge is -2.28. The second-order valence-electron chi connectivity index (χ2n) is 11.4. The van der Waals surface area contributed by atoms with Crippen molar-refractivity contribution in [3.63, 3.8) is 0 Å². The molecule has 0 spiro atoms. The number of carbonyl (C=O) groups is 1. The molecule has 2 aliphatic rings. The smallest absolute Gasteiger partial charge is 0.335 e. The summed E-state index contributed by atoms with van der Waals surface area (Å²) >= 11 is 0. The van der Waals surface area contributed by atoms with Crippen molar-refractivity contribution in [2.24, 2.45) is 0 Å². The Bertz CT molecular complexity index is 1490. The van der Waals surface area contributed by atoms with Crippen LogP contribution in [0.1, 0.15) is 70.8 Å². The van der Waals surface area contributed by atoms with E-state index >= 15 is 0 Å². The van der Waals surface area contributed by atoms with Crippen LogP contribution in [0.25, 0.3) is 11.1 Å². The molecule has 5 nitrogen and oxygen atoms in total. The number of fused-ring (bicyclic) bond motifs is 1. The highest BCUT2D eigenvalue weighted by Crippen LogP contribution is 2.42. The standard InChI is InChI=1S/C36H40FNO4/c1-23(2)35-33(17-20-38(35)19-6-18-37)42-28-12-9-25(10-13-28)34-31-15-11-27(36(39)40)22-26(31)7-5-8-32(34)30-16-14-29(41-4)21-24(30)3/h9-16,21-22,33,35H,1,5-8,17-20H2,2-4H3,(H,39,40)/t33-,35?/m0/s1. The fourth-order valence-corrected chi connectivity index (χ4v) is 6.59. The van der Waals surface area contributed by atoms with Crippen LogP contribution in [0.15, 0.2) is 72.8 Å². The van der Waals surface area contributed by atoms with Gasteiger partial charge in [-0.25, -0.2) is 4.79 Å². The molecule has 0 aromatic heterocycles. The van der Waals surface area contributed by atoms with Gasteiger partial charge in [0.25, 0.3) is 0 Å². The van der Waals surface area contributed by atoms with E-state index in [1.807, 2.05) is 37.3 Å². The molecule has 0 bridgehead atoms. The molecule has 0 amide bonds. The number of nitrogens with zero attached hydrogens (tertiary/aromatic N) is 1. The van der Waals surface area contributed by atoms with Crippen LogP contribution >= 0.6 is 0 Å². The number of alkyl halides is 1. The maximum atomic E-state index is 12.9. The molecule has 3 aromatic rings. The van der Waals surface area contributed by atoms with Gasteiger partial charge in [0.1, 0.15) is 17.6 Å². The number of hydrogen-bond donors (Lipinski definition) is 1. The average molecular weight is 570 g/mol. The molecule has 3 aromatic carbocycles. The first-order valence-corrected chi connectivity index (χ1v) is 14.8. The molecule has 1 saturated heterocycles. The first-order chi connectivity index (χ1) is 20.3. The van der Waals surface area contributed by atoms with Gasteiger partial charge in [0, 0.05) is 13.1 Å². The van der Waals surface area contributed by atoms with E-state index in [2.05, 4.69) is 42.7 Å². The topological polar surface area (TPSA) is 59.0 Å². The number of carboxylic acids is 1. The SMILES string of the molecule is C=C(C)C1[C@@H](Oc2ccc(C3=C(c4ccc(OC)cc4C)CCCc4cc(C(=O)O)ccc43)cc2)CCN1CCCF. The molecule has 42 heavy (non-hydrogen) atoms. The summed E-state index contributed by atoms with van der Waals surface area (Å²) in [4.78, 5) is 14.0. The first-order valence-electron chi connectivity index (χ1n) is 14.8. The van der Waals surface area contributed by atoms with E-state index < -0.39 is 5.97 Å². The van der Waals surface area contributed by atoms with Gasteiger partial charge in [-0.2, -0.15) is 0 Å². The van der Waals surface area contributed by atoms with Crippen LogP contribution in [0, 0.1) is 6.92 Å². The number of likely N-dealkylation sites (tertiary alicyclic amines) is 1. The number of aromatic carboxylic acids is 1. The highest BCUT2D eigenvalue weighted by Gasteiger charge is 2.36. The molecule has 1 fully saturated rings. The Morgan fingerprint density at radius 3 is 2.45 bits per heavy atom. The molecule has 5 rings (SSSR count). The molecule has 6 heteroatoms. The average Bonchev–Trinajstić information content (AvgIpc) is 3.28. The fraction of sp³-hybridized carbons (Fsp3) is 0.361. The van der Waals surface area contributed by atoms with E-state index in [1.165, 1.54) is 11.1 Å². The van der Waals surface area contributed by atoms with Gasteiger partial charge >= 0.3 is 5.97 Å². The molecule has 2 atom stereocenters. The zero-order valence-electron chi connectivity index (χ0n) is 24.8. The van der Waals surface area contributed by atoms with Gasteiger partial charge in [-0.1, -0.05) is 36.4 Å². The van der Waals surface area contributed by atoms with Crippen molar-refractivity contribution in [1.29, 1.82) is 0 Å². The Balaban J connectivity index is 1.53. The number of methoxy groups -OCH3 is 1. The van der Waals surface area contributed by atoms with Crippen molar-refractivity contribution in [3.05, 3.63) is 106 Å². The summed E-state index contributed by atoms with van der Waals surface area (Å²) in [7, 11) is 1.68. The van der Waals surface area contributed by atoms with Gasteiger partial charge in [0.2, 0.25) is 0 Å². The van der Waals surface area contributed by atoms with Crippen LogP contribution in [0.2, 0.25) is 0 Å². The minimum absolute atomic E-state index is 0.0299. The number of ether oxygens (including phenoxy) is 2. The fourth-order valence-electron chi connectivity index (χ4n) is 6.59. The number of carboxylic acid groups (broad SMARTS) is 1. The van der Waals surface area contributed by atoms with E-state index in [0.29, 0.717) is 18.5 Å². The summed E-state index contributed by atoms with van der Waals surface area (Å²) in [6.07, 6.45) is 3.96. The summed E-state index contributed by atoms with van der Waals surface area (Å²) in [6, 6.07) is 20.0. The lowest BCUT2D eigenvalue weighted by Crippen LogP contribution is -2.39. The van der Waals surface area contributed by atoms with Gasteiger partial charge < -0.3 is 14.6 Å². The van der Waals surface area contributed by atoms with Crippen LogP contribution in [-0.2, 0) is 6.42 Å². The van der Waals surface area contributed by atoms with Crippen molar-refractivity contribution < 1.29 is 23.8 Å². The molecule has 1 N–H and O–H groups in total. The zero-order valence-corrected chi connectivity index (χ0v) is 24.8. The Hall–Kier alpha value is -3.90. The Kier molecular flexibility index (Phi) is 9.12. The third-order valence-electron chi connectivity index (χ3n) is 8.52. The van der Waals surface area contributed by atoms with Crippen LogP contribution in [0.5, 0.6) is 11.5 Å². The zero-order chi connectivity index (χ0) is 29.8. The number of allylic oxidation sites excluding steroid dienone is 1. The minimum Gasteiger partial charge on any atom is -0.497 e. The summed E-state index contributed by atoms with van der Waals surface area (Å²) in [6.45, 7) is 9.58. The molecule has 1 aliphatic carbocycles. The molecular weight excluding hydrogens is 529 g/mol. The van der Waals surface area contributed by atoms with Crippen molar-refractivity contribution in [3.8, 4) is 11.5 Å². The Morgan fingerprint density at radius 2 is 1.79 bits per heavy atom. The second-order valence-corrected chi connectivity index (χ2v) is 11.4. The van der Waals surface area contributed by atoms with Crippen molar-refractivity contribution in [2.75, 3.05) is 26.9 Å². The summed E-state index contributed by atoms with van der Waals surface area (Å²) in [5.41, 5.74) is 9.20. The number of halogens is 1. The lowest BCUT2D eigenvalue weighted by molar-refractivity contribution is 0.0696. The molecule has 0 radical (unpaired) electrons. The number of aryl methyl sites for hydroxylation is 2. The molecule has 1 heterocycles. The lowest BCUT2D eigenvalue weighted by atomic mass is 9.86. The van der Waals surface area contributed by atoms with Crippen molar-refractivity contribution >= 4 is 17.1 Å². The number of benzene rings is 3. The van der Waals surface area contributed by atoms with Gasteiger partial charge in [0.05, 0.1) is 25.4 Å². The van der Waals surface area contributed by atoms with E-state index in [9.17, 15) is 14.3 Å². The predicted octanol–water partition coefficient (Wildman–Crippen LogP) is 7.75. The molecule has 0 saturated carbocycles. The van der Waals surface area contributed by atoms with Crippen LogP contribution in [-0.4, -0.2) is 55.0 Å². The highest BCUT2D eigenvalue weighted by molar-refractivity contribution is 6.01. The number of hydrogen-bond acceptors (Lipinski definition) is 4. The third kappa shape index (κ3) is 6.14. The highest BCUT2D eigenvalue weighted by atomic mass is 19.1.